The molecular formula is C21H25N3O3. The van der Waals surface area contributed by atoms with E-state index >= 15 is 0 Å². The smallest absolute Gasteiger partial charge is 0.355 e. The molecular weight excluding hydrogens is 342 g/mol. The summed E-state index contributed by atoms with van der Waals surface area (Å²) in [5, 5.41) is 13.0. The Morgan fingerprint density at radius 2 is 2.04 bits per heavy atom. The molecule has 0 radical (unpaired) electrons. The van der Waals surface area contributed by atoms with Gasteiger partial charge in [0.15, 0.2) is 5.70 Å². The van der Waals surface area contributed by atoms with E-state index in [-0.39, 0.29) is 5.70 Å². The minimum Gasteiger partial charge on any atom is -0.476 e. The third-order valence-corrected chi connectivity index (χ3v) is 4.56. The molecule has 0 unspecified atom stereocenters. The molecule has 0 amide bonds. The van der Waals surface area contributed by atoms with Crippen LogP contribution in [0.25, 0.3) is 0 Å². The Morgan fingerprint density at radius 3 is 2.74 bits per heavy atom. The fraction of sp³-hybridized carbons (Fsp3) is 0.286. The fourth-order valence-electron chi connectivity index (χ4n) is 3.26. The van der Waals surface area contributed by atoms with E-state index in [1.165, 1.54) is 0 Å². The first-order valence-electron chi connectivity index (χ1n) is 9.03. The van der Waals surface area contributed by atoms with Crippen LogP contribution >= 0.6 is 0 Å². The second-order valence-corrected chi connectivity index (χ2v) is 6.33. The zero-order valence-electron chi connectivity index (χ0n) is 15.5. The van der Waals surface area contributed by atoms with Crippen LogP contribution in [0, 0.1) is 0 Å². The summed E-state index contributed by atoms with van der Waals surface area (Å²) in [4.78, 5) is 15.7. The number of para-hydroxylation sites is 1. The molecule has 2 heterocycles. The van der Waals surface area contributed by atoms with E-state index in [1.807, 2.05) is 25.1 Å². The lowest BCUT2D eigenvalue weighted by atomic mass is 10.1. The third-order valence-electron chi connectivity index (χ3n) is 4.56. The largest absolute Gasteiger partial charge is 0.476 e. The van der Waals surface area contributed by atoms with Gasteiger partial charge in [0.1, 0.15) is 0 Å². The molecule has 3 rings (SSSR count). The van der Waals surface area contributed by atoms with Crippen LogP contribution in [0.3, 0.4) is 0 Å². The van der Waals surface area contributed by atoms with Crippen LogP contribution in [0.2, 0.25) is 0 Å². The van der Waals surface area contributed by atoms with Gasteiger partial charge in [-0.3, -0.25) is 0 Å². The number of aliphatic carboxylic acids is 1. The highest BCUT2D eigenvalue weighted by atomic mass is 16.5. The van der Waals surface area contributed by atoms with Gasteiger partial charge in [0.25, 0.3) is 0 Å². The van der Waals surface area contributed by atoms with Gasteiger partial charge >= 0.3 is 5.97 Å². The number of morpholine rings is 1. The molecule has 1 saturated heterocycles. The molecule has 142 valence electrons. The zero-order valence-corrected chi connectivity index (χ0v) is 15.5. The molecule has 1 aromatic rings. The third kappa shape index (κ3) is 4.23. The summed E-state index contributed by atoms with van der Waals surface area (Å²) in [5.74, 6) is -0.998. The van der Waals surface area contributed by atoms with E-state index in [4.69, 9.17) is 4.74 Å². The van der Waals surface area contributed by atoms with E-state index in [0.717, 1.165) is 37.6 Å². The summed E-state index contributed by atoms with van der Waals surface area (Å²) in [6.45, 7) is 9.45. The Bertz CT molecular complexity index is 805. The number of nitrogens with zero attached hydrogens (tertiary/aromatic N) is 2. The molecule has 0 spiro atoms. The van der Waals surface area contributed by atoms with Crippen LogP contribution in [0.15, 0.2) is 72.4 Å². The number of allylic oxidation sites excluding steroid dienone is 3. The summed E-state index contributed by atoms with van der Waals surface area (Å²) >= 11 is 0. The average Bonchev–Trinajstić information content (AvgIpc) is 2.69. The second kappa shape index (κ2) is 8.60. The quantitative estimate of drug-likeness (QED) is 0.806. The van der Waals surface area contributed by atoms with Gasteiger partial charge in [-0.05, 0) is 30.7 Å². The average molecular weight is 367 g/mol. The molecule has 0 bridgehead atoms. The van der Waals surface area contributed by atoms with Crippen LogP contribution < -0.4 is 10.2 Å². The van der Waals surface area contributed by atoms with Gasteiger partial charge in [0.05, 0.1) is 18.9 Å². The fourth-order valence-corrected chi connectivity index (χ4v) is 3.26. The molecule has 1 fully saturated rings. The summed E-state index contributed by atoms with van der Waals surface area (Å²) in [7, 11) is 0. The first-order valence-corrected chi connectivity index (χ1v) is 9.03. The number of anilines is 1. The van der Waals surface area contributed by atoms with Gasteiger partial charge in [-0.2, -0.15) is 0 Å². The number of hydrogen-bond donors (Lipinski definition) is 2. The lowest BCUT2D eigenvalue weighted by molar-refractivity contribution is -0.134. The van der Waals surface area contributed by atoms with E-state index in [9.17, 15) is 9.90 Å². The Morgan fingerprint density at radius 1 is 1.30 bits per heavy atom. The molecule has 0 aromatic heterocycles. The van der Waals surface area contributed by atoms with Crippen LogP contribution in [0.1, 0.15) is 12.5 Å². The van der Waals surface area contributed by atoms with Crippen molar-refractivity contribution in [3.05, 3.63) is 77.9 Å². The van der Waals surface area contributed by atoms with Gasteiger partial charge in [-0.15, -0.1) is 0 Å². The van der Waals surface area contributed by atoms with Crippen LogP contribution in [-0.4, -0.2) is 42.3 Å². The standard InChI is InChI=1S/C21H25N3O3/c1-3-10-24-16(2)8-9-18(20(24)21(25)26)22-15-17-6-4-5-7-19(17)23-11-13-27-14-12-23/h3-10,22H,2,11-15H2,1H3,(H,25,26)/b10-3-. The van der Waals surface area contributed by atoms with Crippen molar-refractivity contribution in [3.8, 4) is 0 Å². The van der Waals surface area contributed by atoms with Crippen molar-refractivity contribution in [3.63, 3.8) is 0 Å². The van der Waals surface area contributed by atoms with Gasteiger partial charge < -0.3 is 25.0 Å². The summed E-state index contributed by atoms with van der Waals surface area (Å²) < 4.78 is 5.44. The van der Waals surface area contributed by atoms with Crippen LogP contribution in [0.4, 0.5) is 5.69 Å². The van der Waals surface area contributed by atoms with Gasteiger partial charge in [-0.25, -0.2) is 4.79 Å². The van der Waals surface area contributed by atoms with Gasteiger partial charge in [0, 0.05) is 37.2 Å². The predicted molar refractivity (Wildman–Crippen MR) is 106 cm³/mol. The van der Waals surface area contributed by atoms with Gasteiger partial charge in [0.2, 0.25) is 0 Å². The number of carboxylic acids is 1. The molecule has 0 atom stereocenters. The monoisotopic (exact) mass is 367 g/mol. The molecule has 2 aliphatic heterocycles. The van der Waals surface area contributed by atoms with Crippen molar-refractivity contribution in [1.29, 1.82) is 0 Å². The Hall–Kier alpha value is -2.99. The highest BCUT2D eigenvalue weighted by molar-refractivity contribution is 5.88. The van der Waals surface area contributed by atoms with Crippen molar-refractivity contribution in [2.75, 3.05) is 31.2 Å². The number of carbonyl (C=O) groups is 1. The minimum absolute atomic E-state index is 0.171. The second-order valence-electron chi connectivity index (χ2n) is 6.33. The molecule has 6 nitrogen and oxygen atoms in total. The SMILES string of the molecule is C=C1C=CC(NCc2ccccc2N2CCOCC2)=C(C(=O)O)N1/C=C\C. The van der Waals surface area contributed by atoms with Crippen LogP contribution in [0.5, 0.6) is 0 Å². The minimum atomic E-state index is -0.998. The molecule has 27 heavy (non-hydrogen) atoms. The molecule has 0 saturated carbocycles. The lowest BCUT2D eigenvalue weighted by Crippen LogP contribution is -2.37. The van der Waals surface area contributed by atoms with Crippen molar-refractivity contribution in [2.45, 2.75) is 13.5 Å². The van der Waals surface area contributed by atoms with E-state index < -0.39 is 5.97 Å². The van der Waals surface area contributed by atoms with Crippen molar-refractivity contribution in [2.24, 2.45) is 0 Å². The first-order chi connectivity index (χ1) is 13.1. The maximum absolute atomic E-state index is 11.9. The Kier molecular flexibility index (Phi) is 5.98. The van der Waals surface area contributed by atoms with E-state index in [1.54, 1.807) is 23.3 Å². The number of nitrogens with one attached hydrogen (secondary N) is 1. The summed E-state index contributed by atoms with van der Waals surface area (Å²) in [6, 6.07) is 8.18. The molecule has 2 aliphatic rings. The highest BCUT2D eigenvalue weighted by Gasteiger charge is 2.24. The Labute approximate surface area is 159 Å². The van der Waals surface area contributed by atoms with Crippen LogP contribution in [-0.2, 0) is 16.1 Å². The van der Waals surface area contributed by atoms with Crippen molar-refractivity contribution >= 4 is 11.7 Å². The number of benzene rings is 1. The molecule has 1 aromatic carbocycles. The normalized spacial score (nSPS) is 17.7. The lowest BCUT2D eigenvalue weighted by Gasteiger charge is -2.31. The summed E-state index contributed by atoms with van der Waals surface area (Å²) in [5.41, 5.74) is 3.62. The molecule has 6 heteroatoms. The maximum atomic E-state index is 11.9. The topological polar surface area (TPSA) is 65.0 Å². The molecule has 0 aliphatic carbocycles. The van der Waals surface area contributed by atoms with E-state index in [2.05, 4.69) is 28.9 Å². The van der Waals surface area contributed by atoms with E-state index in [0.29, 0.717) is 17.9 Å². The van der Waals surface area contributed by atoms with Crippen molar-refractivity contribution in [1.82, 2.24) is 10.2 Å². The zero-order chi connectivity index (χ0) is 19.2. The van der Waals surface area contributed by atoms with Crippen molar-refractivity contribution < 1.29 is 14.6 Å². The van der Waals surface area contributed by atoms with Gasteiger partial charge in [-0.1, -0.05) is 30.9 Å². The summed E-state index contributed by atoms with van der Waals surface area (Å²) in [6.07, 6.45) is 7.07. The number of hydrogen-bond acceptors (Lipinski definition) is 5. The Balaban J connectivity index is 1.84. The molecule has 2 N–H and O–H groups in total. The number of ether oxygens (including phenoxy) is 1. The maximum Gasteiger partial charge on any atom is 0.355 e. The first kappa shape index (κ1) is 18.8. The highest BCUT2D eigenvalue weighted by Crippen LogP contribution is 2.25. The number of rotatable bonds is 6. The number of carboxylic acid groups (broad SMARTS) is 1. The predicted octanol–water partition coefficient (Wildman–Crippen LogP) is 2.83.